The van der Waals surface area contributed by atoms with Crippen LogP contribution in [-0.2, 0) is 11.3 Å². The second-order valence-corrected chi connectivity index (χ2v) is 5.30. The van der Waals surface area contributed by atoms with Crippen LogP contribution in [0.4, 0.5) is 0 Å². The molecule has 1 fully saturated rings. The number of nitrogens with zero attached hydrogens (tertiary/aromatic N) is 3. The van der Waals surface area contributed by atoms with E-state index in [4.69, 9.17) is 4.74 Å². The Labute approximate surface area is 116 Å². The average molecular weight is 277 g/mol. The van der Waals surface area contributed by atoms with Crippen molar-refractivity contribution in [1.29, 1.82) is 0 Å². The first-order chi connectivity index (χ1) is 9.74. The molecule has 0 amide bonds. The Bertz CT molecular complexity index is 641. The fraction of sp³-hybridized carbons (Fsp3) is 0.615. The summed E-state index contributed by atoms with van der Waals surface area (Å²) in [6.45, 7) is 1.36. The number of hydrogen-bond acceptors (Lipinski definition) is 5. The Balaban J connectivity index is 1.68. The molecule has 0 saturated heterocycles. The van der Waals surface area contributed by atoms with Crippen LogP contribution < -0.4 is 10.9 Å². The first-order valence-electron chi connectivity index (χ1n) is 6.91. The molecule has 7 nitrogen and oxygen atoms in total. The van der Waals surface area contributed by atoms with Crippen molar-refractivity contribution in [3.05, 3.63) is 28.6 Å². The molecule has 1 saturated carbocycles. The molecule has 7 heteroatoms. The number of hydrogen-bond donors (Lipinski definition) is 2. The molecule has 0 unspecified atom stereocenters. The Morgan fingerprint density at radius 3 is 3.00 bits per heavy atom. The summed E-state index contributed by atoms with van der Waals surface area (Å²) in [6.07, 6.45) is 7.98. The molecule has 0 aliphatic heterocycles. The van der Waals surface area contributed by atoms with Gasteiger partial charge in [-0.15, -0.1) is 10.2 Å². The molecule has 2 aromatic heterocycles. The second kappa shape index (κ2) is 5.34. The van der Waals surface area contributed by atoms with Crippen LogP contribution in [0, 0.1) is 0 Å². The monoisotopic (exact) mass is 277 g/mol. The van der Waals surface area contributed by atoms with Gasteiger partial charge < -0.3 is 15.0 Å². The normalized spacial score (nSPS) is 17.9. The van der Waals surface area contributed by atoms with Crippen LogP contribution in [0.25, 0.3) is 5.65 Å². The Hall–Kier alpha value is -1.73. The molecule has 1 aliphatic carbocycles. The molecule has 3 rings (SSSR count). The topological polar surface area (TPSA) is 84.3 Å². The maximum atomic E-state index is 11.6. The molecule has 108 valence electrons. The van der Waals surface area contributed by atoms with Crippen molar-refractivity contribution in [2.45, 2.75) is 37.8 Å². The number of fused-ring (bicyclic) bond motifs is 1. The van der Waals surface area contributed by atoms with Crippen LogP contribution in [0.5, 0.6) is 0 Å². The van der Waals surface area contributed by atoms with Crippen molar-refractivity contribution in [3.8, 4) is 0 Å². The van der Waals surface area contributed by atoms with E-state index in [0.717, 1.165) is 25.2 Å². The minimum atomic E-state index is -0.226. The van der Waals surface area contributed by atoms with Crippen molar-refractivity contribution >= 4 is 5.65 Å². The minimum Gasteiger partial charge on any atom is -0.377 e. The molecule has 0 atom stereocenters. The van der Waals surface area contributed by atoms with Gasteiger partial charge in [0, 0.05) is 26.0 Å². The number of aromatic amines is 1. The standard InChI is InChI=1S/C13H19N5O2/c1-20-13(4-2-3-5-13)9-14-8-10-16-17-11-12(19)15-6-7-18(10)11/h6-7,14H,2-5,8-9H2,1H3,(H,15,19). The summed E-state index contributed by atoms with van der Waals surface area (Å²) < 4.78 is 7.37. The summed E-state index contributed by atoms with van der Waals surface area (Å²) in [6, 6.07) is 0. The summed E-state index contributed by atoms with van der Waals surface area (Å²) in [7, 11) is 1.78. The van der Waals surface area contributed by atoms with Gasteiger partial charge in [0.05, 0.1) is 12.1 Å². The van der Waals surface area contributed by atoms with Gasteiger partial charge in [-0.1, -0.05) is 12.8 Å². The van der Waals surface area contributed by atoms with E-state index in [9.17, 15) is 4.79 Å². The number of aromatic nitrogens is 4. The maximum absolute atomic E-state index is 11.6. The van der Waals surface area contributed by atoms with Crippen molar-refractivity contribution in [1.82, 2.24) is 24.9 Å². The number of methoxy groups -OCH3 is 1. The van der Waals surface area contributed by atoms with Crippen molar-refractivity contribution < 1.29 is 4.74 Å². The first kappa shape index (κ1) is 13.3. The molecule has 0 aromatic carbocycles. The smallest absolute Gasteiger partial charge is 0.293 e. The third-order valence-corrected chi connectivity index (χ3v) is 4.09. The molecule has 2 heterocycles. The second-order valence-electron chi connectivity index (χ2n) is 5.30. The molecule has 2 aromatic rings. The Morgan fingerprint density at radius 1 is 1.45 bits per heavy atom. The highest BCUT2D eigenvalue weighted by Crippen LogP contribution is 2.31. The van der Waals surface area contributed by atoms with Crippen molar-refractivity contribution in [2.24, 2.45) is 0 Å². The van der Waals surface area contributed by atoms with Gasteiger partial charge in [-0.05, 0) is 12.8 Å². The lowest BCUT2D eigenvalue weighted by Crippen LogP contribution is -2.39. The largest absolute Gasteiger partial charge is 0.377 e. The number of H-pyrrole nitrogens is 1. The zero-order chi connectivity index (χ0) is 14.0. The van der Waals surface area contributed by atoms with Gasteiger partial charge in [-0.2, -0.15) is 0 Å². The molecule has 0 radical (unpaired) electrons. The molecule has 0 bridgehead atoms. The molecular formula is C13H19N5O2. The van der Waals surface area contributed by atoms with E-state index in [-0.39, 0.29) is 11.2 Å². The molecule has 2 N–H and O–H groups in total. The quantitative estimate of drug-likeness (QED) is 0.829. The van der Waals surface area contributed by atoms with Crippen molar-refractivity contribution in [3.63, 3.8) is 0 Å². The van der Waals surface area contributed by atoms with Crippen LogP contribution in [-0.4, -0.2) is 38.8 Å². The predicted molar refractivity (Wildman–Crippen MR) is 73.5 cm³/mol. The lowest BCUT2D eigenvalue weighted by atomic mass is 10.0. The zero-order valence-electron chi connectivity index (χ0n) is 11.6. The summed E-state index contributed by atoms with van der Waals surface area (Å²) >= 11 is 0. The molecular weight excluding hydrogens is 258 g/mol. The van der Waals surface area contributed by atoms with Crippen molar-refractivity contribution in [2.75, 3.05) is 13.7 Å². The van der Waals surface area contributed by atoms with Gasteiger partial charge in [0.2, 0.25) is 5.65 Å². The lowest BCUT2D eigenvalue weighted by molar-refractivity contribution is -0.00356. The van der Waals surface area contributed by atoms with Crippen LogP contribution in [0.15, 0.2) is 17.2 Å². The van der Waals surface area contributed by atoms with E-state index in [1.165, 1.54) is 12.8 Å². The predicted octanol–water partition coefficient (Wildman–Crippen LogP) is 0.466. The van der Waals surface area contributed by atoms with Gasteiger partial charge >= 0.3 is 0 Å². The average Bonchev–Trinajstić information content (AvgIpc) is 3.08. The van der Waals surface area contributed by atoms with Gasteiger partial charge in [0.15, 0.2) is 5.82 Å². The Kier molecular flexibility index (Phi) is 3.54. The summed E-state index contributed by atoms with van der Waals surface area (Å²) in [4.78, 5) is 14.1. The van der Waals surface area contributed by atoms with Gasteiger partial charge in [-0.3, -0.25) is 9.20 Å². The highest BCUT2D eigenvalue weighted by atomic mass is 16.5. The number of rotatable bonds is 5. The fourth-order valence-electron chi connectivity index (χ4n) is 2.88. The SMILES string of the molecule is COC1(CNCc2nnc3c(=O)[nH]ccn23)CCCC1. The molecule has 1 aliphatic rings. The highest BCUT2D eigenvalue weighted by Gasteiger charge is 2.33. The lowest BCUT2D eigenvalue weighted by Gasteiger charge is -2.27. The highest BCUT2D eigenvalue weighted by molar-refractivity contribution is 5.33. The van der Waals surface area contributed by atoms with E-state index in [1.54, 1.807) is 23.9 Å². The van der Waals surface area contributed by atoms with Crippen LogP contribution in [0.2, 0.25) is 0 Å². The number of ether oxygens (including phenoxy) is 1. The van der Waals surface area contributed by atoms with E-state index >= 15 is 0 Å². The molecule has 0 spiro atoms. The third kappa shape index (κ3) is 2.34. The van der Waals surface area contributed by atoms with Gasteiger partial charge in [-0.25, -0.2) is 0 Å². The van der Waals surface area contributed by atoms with E-state index in [0.29, 0.717) is 12.2 Å². The third-order valence-electron chi connectivity index (χ3n) is 4.09. The summed E-state index contributed by atoms with van der Waals surface area (Å²) in [5.74, 6) is 0.732. The van der Waals surface area contributed by atoms with Crippen LogP contribution in [0.3, 0.4) is 0 Å². The van der Waals surface area contributed by atoms with Crippen LogP contribution >= 0.6 is 0 Å². The first-order valence-corrected chi connectivity index (χ1v) is 6.91. The minimum absolute atomic E-state index is 0.0437. The maximum Gasteiger partial charge on any atom is 0.293 e. The molecule has 20 heavy (non-hydrogen) atoms. The number of nitrogens with one attached hydrogen (secondary N) is 2. The summed E-state index contributed by atoms with van der Waals surface area (Å²) in [5, 5.41) is 11.3. The van der Waals surface area contributed by atoms with E-state index in [2.05, 4.69) is 20.5 Å². The Morgan fingerprint density at radius 2 is 2.25 bits per heavy atom. The summed E-state index contributed by atoms with van der Waals surface area (Å²) in [5.41, 5.74) is 0.0554. The van der Waals surface area contributed by atoms with Crippen LogP contribution in [0.1, 0.15) is 31.5 Å². The zero-order valence-corrected chi connectivity index (χ0v) is 11.6. The van der Waals surface area contributed by atoms with E-state index in [1.807, 2.05) is 0 Å². The van der Waals surface area contributed by atoms with Gasteiger partial charge in [0.25, 0.3) is 5.56 Å². The fourth-order valence-corrected chi connectivity index (χ4v) is 2.88. The van der Waals surface area contributed by atoms with Gasteiger partial charge in [0.1, 0.15) is 0 Å². The van der Waals surface area contributed by atoms with E-state index < -0.39 is 0 Å².